The van der Waals surface area contributed by atoms with Crippen molar-refractivity contribution in [1.82, 2.24) is 4.90 Å². The molecule has 0 aromatic carbocycles. The Balaban J connectivity index is 4.24. The summed E-state index contributed by atoms with van der Waals surface area (Å²) < 4.78 is 9.96. The van der Waals surface area contributed by atoms with E-state index in [1.165, 1.54) is 7.11 Å². The summed E-state index contributed by atoms with van der Waals surface area (Å²) in [6, 6.07) is 0. The van der Waals surface area contributed by atoms with Crippen LogP contribution < -0.4 is 0 Å². The predicted molar refractivity (Wildman–Crippen MR) is 46.5 cm³/mol. The molecule has 0 amide bonds. The Morgan fingerprint density at radius 2 is 1.75 bits per heavy atom. The molecule has 0 fully saturated rings. The molecule has 4 nitrogen and oxygen atoms in total. The Labute approximate surface area is 74.1 Å². The van der Waals surface area contributed by atoms with E-state index in [9.17, 15) is 5.11 Å². The van der Waals surface area contributed by atoms with E-state index < -0.39 is 6.10 Å². The molecular formula is C8H19NO3. The van der Waals surface area contributed by atoms with Gasteiger partial charge in [-0.1, -0.05) is 13.8 Å². The molecule has 4 heteroatoms. The summed E-state index contributed by atoms with van der Waals surface area (Å²) in [7, 11) is 1.42. The van der Waals surface area contributed by atoms with Gasteiger partial charge in [-0.3, -0.25) is 0 Å². The smallest absolute Gasteiger partial charge is 0.330 e. The Kier molecular flexibility index (Phi) is 5.41. The van der Waals surface area contributed by atoms with Gasteiger partial charge < -0.3 is 14.6 Å². The van der Waals surface area contributed by atoms with Gasteiger partial charge in [0.05, 0.1) is 6.61 Å². The summed E-state index contributed by atoms with van der Waals surface area (Å²) >= 11 is 0. The van der Waals surface area contributed by atoms with Crippen LogP contribution in [0.2, 0.25) is 0 Å². The molecule has 1 unspecified atom stereocenters. The van der Waals surface area contributed by atoms with E-state index in [1.54, 1.807) is 4.90 Å². The lowest BCUT2D eigenvalue weighted by Gasteiger charge is -2.35. The van der Waals surface area contributed by atoms with Crippen LogP contribution in [0.1, 0.15) is 20.8 Å². The van der Waals surface area contributed by atoms with Crippen LogP contribution in [-0.4, -0.2) is 42.9 Å². The van der Waals surface area contributed by atoms with Gasteiger partial charge in [0.15, 0.2) is 0 Å². The molecule has 0 heterocycles. The minimum absolute atomic E-state index is 0.418. The maximum atomic E-state index is 9.76. The average molecular weight is 177 g/mol. The van der Waals surface area contributed by atoms with Crippen LogP contribution in [0.15, 0.2) is 0 Å². The second-order valence-corrected chi connectivity index (χ2v) is 2.36. The molecule has 0 radical (unpaired) electrons. The first-order valence-corrected chi connectivity index (χ1v) is 4.31. The third-order valence-electron chi connectivity index (χ3n) is 1.76. The number of rotatable bonds is 6. The molecule has 0 saturated carbocycles. The van der Waals surface area contributed by atoms with Gasteiger partial charge in [-0.15, -0.1) is 0 Å². The van der Waals surface area contributed by atoms with Gasteiger partial charge in [0.25, 0.3) is 0 Å². The summed E-state index contributed by atoms with van der Waals surface area (Å²) in [5, 5.41) is 9.76. The number of ether oxygens (including phenoxy) is 2. The second-order valence-electron chi connectivity index (χ2n) is 2.36. The van der Waals surface area contributed by atoms with Gasteiger partial charge >= 0.3 is 6.10 Å². The van der Waals surface area contributed by atoms with Gasteiger partial charge in [-0.2, -0.15) is 0 Å². The van der Waals surface area contributed by atoms with Crippen molar-refractivity contribution >= 4 is 0 Å². The minimum Gasteiger partial charge on any atom is -0.330 e. The topological polar surface area (TPSA) is 41.9 Å². The highest BCUT2D eigenvalue weighted by Crippen LogP contribution is 2.13. The number of methoxy groups -OCH3 is 1. The third-order valence-corrected chi connectivity index (χ3v) is 1.76. The van der Waals surface area contributed by atoms with Crippen molar-refractivity contribution in [2.45, 2.75) is 26.9 Å². The van der Waals surface area contributed by atoms with E-state index in [0.29, 0.717) is 19.7 Å². The zero-order chi connectivity index (χ0) is 9.61. The first-order chi connectivity index (χ1) is 5.64. The van der Waals surface area contributed by atoms with Crippen molar-refractivity contribution < 1.29 is 14.6 Å². The zero-order valence-electron chi connectivity index (χ0n) is 8.33. The van der Waals surface area contributed by atoms with E-state index >= 15 is 0 Å². The minimum atomic E-state index is -1.56. The fourth-order valence-electron chi connectivity index (χ4n) is 1.09. The largest absolute Gasteiger partial charge is 0.350 e. The maximum absolute atomic E-state index is 9.76. The van der Waals surface area contributed by atoms with E-state index in [-0.39, 0.29) is 0 Å². The molecule has 0 aromatic rings. The summed E-state index contributed by atoms with van der Waals surface area (Å²) in [6.07, 6.45) is -1.56. The monoisotopic (exact) mass is 177 g/mol. The van der Waals surface area contributed by atoms with Crippen LogP contribution in [-0.2, 0) is 9.47 Å². The number of hydrogen-bond donors (Lipinski definition) is 1. The van der Waals surface area contributed by atoms with Gasteiger partial charge in [0.2, 0.25) is 0 Å². The summed E-state index contributed by atoms with van der Waals surface area (Å²) in [6.45, 7) is 7.47. The van der Waals surface area contributed by atoms with Crippen molar-refractivity contribution in [3.05, 3.63) is 0 Å². The van der Waals surface area contributed by atoms with Gasteiger partial charge in [-0.05, 0) is 6.92 Å². The van der Waals surface area contributed by atoms with Gasteiger partial charge in [-0.25, -0.2) is 4.90 Å². The van der Waals surface area contributed by atoms with Crippen molar-refractivity contribution in [3.63, 3.8) is 0 Å². The summed E-state index contributed by atoms with van der Waals surface area (Å²) in [5.41, 5.74) is 0. The SMILES string of the molecule is CCOC(O)(OC)N(CC)CC. The number of aliphatic hydroxyl groups is 1. The first-order valence-electron chi connectivity index (χ1n) is 4.31. The predicted octanol–water partition coefficient (Wildman–Crippen LogP) is 0.615. The van der Waals surface area contributed by atoms with Gasteiger partial charge in [0.1, 0.15) is 0 Å². The Bertz CT molecular complexity index is 117. The molecule has 1 N–H and O–H groups in total. The van der Waals surface area contributed by atoms with Crippen molar-refractivity contribution in [2.75, 3.05) is 26.8 Å². The van der Waals surface area contributed by atoms with Crippen LogP contribution in [0.4, 0.5) is 0 Å². The molecule has 0 aromatic heterocycles. The van der Waals surface area contributed by atoms with E-state index in [1.807, 2.05) is 20.8 Å². The first kappa shape index (κ1) is 11.8. The lowest BCUT2D eigenvalue weighted by Crippen LogP contribution is -2.52. The molecule has 12 heavy (non-hydrogen) atoms. The normalized spacial score (nSPS) is 16.5. The molecule has 0 saturated heterocycles. The van der Waals surface area contributed by atoms with E-state index in [2.05, 4.69) is 0 Å². The lowest BCUT2D eigenvalue weighted by atomic mass is 10.5. The van der Waals surface area contributed by atoms with Crippen molar-refractivity contribution in [3.8, 4) is 0 Å². The highest BCUT2D eigenvalue weighted by atomic mass is 16.8. The van der Waals surface area contributed by atoms with Crippen LogP contribution >= 0.6 is 0 Å². The van der Waals surface area contributed by atoms with Crippen molar-refractivity contribution in [2.24, 2.45) is 0 Å². The van der Waals surface area contributed by atoms with Crippen LogP contribution in [0.25, 0.3) is 0 Å². The molecule has 0 aliphatic carbocycles. The molecule has 0 aliphatic heterocycles. The molecule has 0 aliphatic rings. The average Bonchev–Trinajstić information content (AvgIpc) is 2.07. The molecule has 0 spiro atoms. The Morgan fingerprint density at radius 1 is 1.25 bits per heavy atom. The molecule has 1 atom stereocenters. The molecule has 74 valence electrons. The van der Waals surface area contributed by atoms with Crippen molar-refractivity contribution in [1.29, 1.82) is 0 Å². The molecular weight excluding hydrogens is 158 g/mol. The number of hydrogen-bond acceptors (Lipinski definition) is 4. The molecule has 0 rings (SSSR count). The van der Waals surface area contributed by atoms with E-state index in [4.69, 9.17) is 9.47 Å². The number of nitrogens with zero attached hydrogens (tertiary/aromatic N) is 1. The van der Waals surface area contributed by atoms with Gasteiger partial charge in [0, 0.05) is 20.2 Å². The maximum Gasteiger partial charge on any atom is 0.350 e. The van der Waals surface area contributed by atoms with E-state index in [0.717, 1.165) is 0 Å². The van der Waals surface area contributed by atoms with Crippen LogP contribution in [0.3, 0.4) is 0 Å². The molecule has 0 bridgehead atoms. The Morgan fingerprint density at radius 3 is 2.00 bits per heavy atom. The Hall–Kier alpha value is -0.160. The standard InChI is InChI=1S/C8H19NO3/c1-5-9(6-2)8(10,11-4)12-7-3/h10H,5-7H2,1-4H3. The summed E-state index contributed by atoms with van der Waals surface area (Å²) in [5.74, 6) is 0. The fourth-order valence-corrected chi connectivity index (χ4v) is 1.09. The highest BCUT2D eigenvalue weighted by molar-refractivity contribution is 4.56. The summed E-state index contributed by atoms with van der Waals surface area (Å²) in [4.78, 5) is 1.69. The lowest BCUT2D eigenvalue weighted by molar-refractivity contribution is -0.420. The highest BCUT2D eigenvalue weighted by Gasteiger charge is 2.33. The third kappa shape index (κ3) is 2.71. The fraction of sp³-hybridized carbons (Fsp3) is 1.00. The van der Waals surface area contributed by atoms with Crippen LogP contribution in [0, 0.1) is 0 Å². The second kappa shape index (κ2) is 5.48. The van der Waals surface area contributed by atoms with Crippen LogP contribution in [0.5, 0.6) is 0 Å². The quantitative estimate of drug-likeness (QED) is 0.604. The zero-order valence-corrected chi connectivity index (χ0v) is 8.33.